The van der Waals surface area contributed by atoms with E-state index in [0.717, 1.165) is 16.8 Å². The lowest BCUT2D eigenvalue weighted by atomic mass is 10.1. The zero-order chi connectivity index (χ0) is 13.1. The summed E-state index contributed by atoms with van der Waals surface area (Å²) in [5.74, 6) is -0.118. The average molecular weight is 240 g/mol. The second kappa shape index (κ2) is 4.92. The zero-order valence-electron chi connectivity index (χ0n) is 10.5. The Balaban J connectivity index is 2.22. The van der Waals surface area contributed by atoms with E-state index in [-0.39, 0.29) is 5.91 Å². The molecule has 0 aliphatic carbocycles. The largest absolute Gasteiger partial charge is 0.399 e. The van der Waals surface area contributed by atoms with Crippen LogP contribution < -0.4 is 11.1 Å². The van der Waals surface area contributed by atoms with Gasteiger partial charge in [-0.3, -0.25) is 4.79 Å². The first-order chi connectivity index (χ1) is 8.58. The van der Waals surface area contributed by atoms with E-state index in [1.54, 1.807) is 18.2 Å². The Hall–Kier alpha value is -2.29. The van der Waals surface area contributed by atoms with Crippen molar-refractivity contribution in [3.8, 4) is 0 Å². The summed E-state index contributed by atoms with van der Waals surface area (Å²) in [6.07, 6.45) is 0. The Bertz CT molecular complexity index is 591. The molecule has 92 valence electrons. The highest BCUT2D eigenvalue weighted by Crippen LogP contribution is 2.17. The molecule has 0 bridgehead atoms. The molecule has 3 heteroatoms. The molecule has 2 aromatic rings. The predicted octanol–water partition coefficient (Wildman–Crippen LogP) is 3.14. The van der Waals surface area contributed by atoms with Crippen molar-refractivity contribution in [2.24, 2.45) is 0 Å². The van der Waals surface area contributed by atoms with Crippen LogP contribution in [0.15, 0.2) is 42.5 Å². The number of nitrogens with two attached hydrogens (primary N) is 1. The Labute approximate surface area is 107 Å². The number of anilines is 2. The van der Waals surface area contributed by atoms with Gasteiger partial charge in [0.1, 0.15) is 0 Å². The van der Waals surface area contributed by atoms with Gasteiger partial charge in [0.25, 0.3) is 5.91 Å². The van der Waals surface area contributed by atoms with Crippen LogP contribution >= 0.6 is 0 Å². The highest BCUT2D eigenvalue weighted by molar-refractivity contribution is 6.05. The van der Waals surface area contributed by atoms with E-state index in [2.05, 4.69) is 5.32 Å². The molecular formula is C15H16N2O. The van der Waals surface area contributed by atoms with E-state index in [4.69, 9.17) is 5.73 Å². The number of aryl methyl sites for hydroxylation is 2. The van der Waals surface area contributed by atoms with Crippen LogP contribution in [-0.4, -0.2) is 5.91 Å². The molecule has 0 saturated heterocycles. The fourth-order valence-electron chi connectivity index (χ4n) is 1.72. The minimum atomic E-state index is -0.118. The summed E-state index contributed by atoms with van der Waals surface area (Å²) in [4.78, 5) is 12.1. The molecule has 0 unspecified atom stereocenters. The fraction of sp³-hybridized carbons (Fsp3) is 0.133. The van der Waals surface area contributed by atoms with Gasteiger partial charge < -0.3 is 11.1 Å². The second-order valence-corrected chi connectivity index (χ2v) is 4.34. The summed E-state index contributed by atoms with van der Waals surface area (Å²) in [6, 6.07) is 13.0. The highest BCUT2D eigenvalue weighted by Gasteiger charge is 2.08. The number of nitrogens with one attached hydrogen (secondary N) is 1. The first kappa shape index (κ1) is 12.2. The molecule has 2 rings (SSSR count). The first-order valence-corrected chi connectivity index (χ1v) is 5.81. The molecule has 0 atom stereocenters. The van der Waals surface area contributed by atoms with Crippen LogP contribution in [0.4, 0.5) is 11.4 Å². The van der Waals surface area contributed by atoms with Crippen LogP contribution in [0.3, 0.4) is 0 Å². The van der Waals surface area contributed by atoms with Crippen molar-refractivity contribution >= 4 is 17.3 Å². The summed E-state index contributed by atoms with van der Waals surface area (Å²) >= 11 is 0. The molecule has 0 aliphatic rings. The summed E-state index contributed by atoms with van der Waals surface area (Å²) < 4.78 is 0. The van der Waals surface area contributed by atoms with Gasteiger partial charge in [0.05, 0.1) is 0 Å². The van der Waals surface area contributed by atoms with Crippen LogP contribution in [-0.2, 0) is 0 Å². The minimum Gasteiger partial charge on any atom is -0.399 e. The monoisotopic (exact) mass is 240 g/mol. The molecule has 0 aliphatic heterocycles. The SMILES string of the molecule is Cc1cc(C(=O)Nc2ccccc2C)ccc1N. The number of benzene rings is 2. The Morgan fingerprint density at radius 2 is 1.78 bits per heavy atom. The smallest absolute Gasteiger partial charge is 0.255 e. The molecule has 0 heterocycles. The number of hydrogen-bond acceptors (Lipinski definition) is 2. The van der Waals surface area contributed by atoms with Crippen molar-refractivity contribution in [2.75, 3.05) is 11.1 Å². The third kappa shape index (κ3) is 2.51. The maximum atomic E-state index is 12.1. The van der Waals surface area contributed by atoms with Crippen LogP contribution in [0.25, 0.3) is 0 Å². The van der Waals surface area contributed by atoms with Gasteiger partial charge in [0.15, 0.2) is 0 Å². The summed E-state index contributed by atoms with van der Waals surface area (Å²) in [5.41, 5.74) is 9.83. The second-order valence-electron chi connectivity index (χ2n) is 4.34. The maximum Gasteiger partial charge on any atom is 0.255 e. The van der Waals surface area contributed by atoms with Crippen LogP contribution in [0.2, 0.25) is 0 Å². The zero-order valence-corrected chi connectivity index (χ0v) is 10.5. The van der Waals surface area contributed by atoms with Gasteiger partial charge in [0, 0.05) is 16.9 Å². The molecule has 2 aromatic carbocycles. The predicted molar refractivity (Wildman–Crippen MR) is 74.7 cm³/mol. The highest BCUT2D eigenvalue weighted by atomic mass is 16.1. The number of carbonyl (C=O) groups is 1. The molecule has 18 heavy (non-hydrogen) atoms. The number of amides is 1. The van der Waals surface area contributed by atoms with E-state index >= 15 is 0 Å². The van der Waals surface area contributed by atoms with Crippen molar-refractivity contribution in [2.45, 2.75) is 13.8 Å². The quantitative estimate of drug-likeness (QED) is 0.792. The number of hydrogen-bond donors (Lipinski definition) is 2. The first-order valence-electron chi connectivity index (χ1n) is 5.81. The maximum absolute atomic E-state index is 12.1. The molecule has 0 spiro atoms. The summed E-state index contributed by atoms with van der Waals surface area (Å²) in [6.45, 7) is 3.85. The third-order valence-corrected chi connectivity index (χ3v) is 2.93. The lowest BCUT2D eigenvalue weighted by Crippen LogP contribution is -2.13. The molecule has 0 fully saturated rings. The summed E-state index contributed by atoms with van der Waals surface area (Å²) in [7, 11) is 0. The molecule has 3 N–H and O–H groups in total. The van der Waals surface area contributed by atoms with Crippen molar-refractivity contribution in [3.63, 3.8) is 0 Å². The van der Waals surface area contributed by atoms with Gasteiger partial charge in [-0.05, 0) is 49.2 Å². The van der Waals surface area contributed by atoms with Crippen LogP contribution in [0.1, 0.15) is 21.5 Å². The number of nitrogen functional groups attached to an aromatic ring is 1. The van der Waals surface area contributed by atoms with Gasteiger partial charge in [-0.1, -0.05) is 18.2 Å². The van der Waals surface area contributed by atoms with Gasteiger partial charge in [-0.15, -0.1) is 0 Å². The Kier molecular flexibility index (Phi) is 3.33. The topological polar surface area (TPSA) is 55.1 Å². The van der Waals surface area contributed by atoms with Crippen LogP contribution in [0.5, 0.6) is 0 Å². The normalized spacial score (nSPS) is 10.1. The van der Waals surface area contributed by atoms with Gasteiger partial charge in [0.2, 0.25) is 0 Å². The molecule has 0 saturated carbocycles. The van der Waals surface area contributed by atoms with Crippen molar-refractivity contribution in [1.82, 2.24) is 0 Å². The number of rotatable bonds is 2. The van der Waals surface area contributed by atoms with E-state index in [0.29, 0.717) is 11.3 Å². The van der Waals surface area contributed by atoms with E-state index in [1.165, 1.54) is 0 Å². The Morgan fingerprint density at radius 1 is 1.06 bits per heavy atom. The van der Waals surface area contributed by atoms with E-state index in [1.807, 2.05) is 38.1 Å². The fourth-order valence-corrected chi connectivity index (χ4v) is 1.72. The minimum absolute atomic E-state index is 0.118. The van der Waals surface area contributed by atoms with E-state index < -0.39 is 0 Å². The molecule has 0 radical (unpaired) electrons. The lowest BCUT2D eigenvalue weighted by Gasteiger charge is -2.09. The lowest BCUT2D eigenvalue weighted by molar-refractivity contribution is 0.102. The van der Waals surface area contributed by atoms with Gasteiger partial charge in [-0.25, -0.2) is 0 Å². The molecular weight excluding hydrogens is 224 g/mol. The summed E-state index contributed by atoms with van der Waals surface area (Å²) in [5, 5.41) is 2.89. The average Bonchev–Trinajstić information content (AvgIpc) is 2.35. The molecule has 0 aromatic heterocycles. The van der Waals surface area contributed by atoms with Crippen molar-refractivity contribution < 1.29 is 4.79 Å². The van der Waals surface area contributed by atoms with Crippen LogP contribution in [0, 0.1) is 13.8 Å². The van der Waals surface area contributed by atoms with Crippen molar-refractivity contribution in [3.05, 3.63) is 59.2 Å². The standard InChI is InChI=1S/C15H16N2O/c1-10-5-3-4-6-14(10)17-15(18)12-7-8-13(16)11(2)9-12/h3-9H,16H2,1-2H3,(H,17,18). The van der Waals surface area contributed by atoms with Gasteiger partial charge in [-0.2, -0.15) is 0 Å². The van der Waals surface area contributed by atoms with Gasteiger partial charge >= 0.3 is 0 Å². The molecule has 1 amide bonds. The van der Waals surface area contributed by atoms with E-state index in [9.17, 15) is 4.79 Å². The Morgan fingerprint density at radius 3 is 2.44 bits per heavy atom. The molecule has 3 nitrogen and oxygen atoms in total. The number of carbonyl (C=O) groups excluding carboxylic acids is 1. The van der Waals surface area contributed by atoms with Crippen molar-refractivity contribution in [1.29, 1.82) is 0 Å². The third-order valence-electron chi connectivity index (χ3n) is 2.93. The number of para-hydroxylation sites is 1.